The van der Waals surface area contributed by atoms with E-state index in [1.54, 1.807) is 25.3 Å². The van der Waals surface area contributed by atoms with Crippen molar-refractivity contribution in [2.75, 3.05) is 0 Å². The first-order chi connectivity index (χ1) is 17.9. The predicted molar refractivity (Wildman–Crippen MR) is 133 cm³/mol. The van der Waals surface area contributed by atoms with Crippen molar-refractivity contribution in [2.24, 2.45) is 0 Å². The van der Waals surface area contributed by atoms with Crippen LogP contribution >= 0.6 is 0 Å². The molecule has 0 spiro atoms. The highest BCUT2D eigenvalue weighted by Crippen LogP contribution is 2.44. The molecular formula is C27H25FN6O3. The Hall–Kier alpha value is -4.31. The molecule has 188 valence electrons. The van der Waals surface area contributed by atoms with Crippen molar-refractivity contribution in [3.63, 3.8) is 0 Å². The van der Waals surface area contributed by atoms with Crippen LogP contribution in [0.3, 0.4) is 0 Å². The number of aromatic amines is 2. The number of hydrogen-bond donors (Lipinski definition) is 4. The van der Waals surface area contributed by atoms with Crippen molar-refractivity contribution in [2.45, 2.75) is 44.2 Å². The number of halogens is 1. The van der Waals surface area contributed by atoms with E-state index in [-0.39, 0.29) is 18.3 Å². The smallest absolute Gasteiger partial charge is 0.303 e. The van der Waals surface area contributed by atoms with E-state index < -0.39 is 11.5 Å². The number of H-pyrrole nitrogens is 2. The summed E-state index contributed by atoms with van der Waals surface area (Å²) in [5.74, 6) is 0.405. The van der Waals surface area contributed by atoms with E-state index in [9.17, 15) is 14.3 Å². The Balaban J connectivity index is 1.48. The number of imidazole rings is 1. The van der Waals surface area contributed by atoms with E-state index in [1.807, 2.05) is 18.2 Å². The van der Waals surface area contributed by atoms with Crippen LogP contribution < -0.4 is 5.32 Å². The number of hydrogen-bond acceptors (Lipinski definition) is 6. The van der Waals surface area contributed by atoms with Crippen LogP contribution in [-0.2, 0) is 16.8 Å². The Bertz CT molecular complexity index is 1590. The normalized spacial score (nSPS) is 19.2. The van der Waals surface area contributed by atoms with Crippen molar-refractivity contribution >= 4 is 16.9 Å². The van der Waals surface area contributed by atoms with Gasteiger partial charge in [-0.25, -0.2) is 9.37 Å². The van der Waals surface area contributed by atoms with Gasteiger partial charge in [0.1, 0.15) is 17.2 Å². The standard InChI is InChI=1S/C27H25FN6O3/c1-15-30-26(34-37-15)27(12-4-7-23(35)36)24-19(18-5-2-3-6-20(18)31-24)13-21(33-27)25-29-14-22(32-25)16-8-10-17(28)11-9-16/h2-3,5-6,8-11,14,21,31,33H,4,7,12-13H2,1H3,(H,29,32)(H,35,36)/t21-,27?/m1/s1. The second-order valence-corrected chi connectivity index (χ2v) is 9.39. The maximum atomic E-state index is 13.4. The van der Waals surface area contributed by atoms with Gasteiger partial charge in [-0.15, -0.1) is 0 Å². The number of aryl methyl sites for hydroxylation is 1. The number of para-hydroxylation sites is 1. The van der Waals surface area contributed by atoms with Crippen molar-refractivity contribution in [1.82, 2.24) is 30.4 Å². The average molecular weight is 501 g/mol. The fourth-order valence-corrected chi connectivity index (χ4v) is 5.31. The molecule has 2 aromatic carbocycles. The number of fused-ring (bicyclic) bond motifs is 3. The quantitative estimate of drug-likeness (QED) is 0.253. The summed E-state index contributed by atoms with van der Waals surface area (Å²) in [5.41, 5.74) is 3.55. The number of carbonyl (C=O) groups is 1. The molecule has 0 bridgehead atoms. The Morgan fingerprint density at radius 1 is 1.19 bits per heavy atom. The van der Waals surface area contributed by atoms with Gasteiger partial charge in [0.25, 0.3) is 0 Å². The van der Waals surface area contributed by atoms with Gasteiger partial charge >= 0.3 is 5.97 Å². The molecule has 0 saturated heterocycles. The van der Waals surface area contributed by atoms with Gasteiger partial charge in [0, 0.05) is 41.7 Å². The summed E-state index contributed by atoms with van der Waals surface area (Å²) in [7, 11) is 0. The Labute approximate surface area is 211 Å². The van der Waals surface area contributed by atoms with E-state index in [1.165, 1.54) is 12.1 Å². The lowest BCUT2D eigenvalue weighted by molar-refractivity contribution is -0.137. The van der Waals surface area contributed by atoms with E-state index in [0.717, 1.165) is 27.7 Å². The maximum Gasteiger partial charge on any atom is 0.303 e. The summed E-state index contributed by atoms with van der Waals surface area (Å²) in [6.07, 6.45) is 3.28. The topological polar surface area (TPSA) is 133 Å². The number of carboxylic acids is 1. The van der Waals surface area contributed by atoms with Gasteiger partial charge < -0.3 is 19.6 Å². The van der Waals surface area contributed by atoms with Crippen LogP contribution in [0.15, 0.2) is 59.3 Å². The van der Waals surface area contributed by atoms with Crippen LogP contribution in [0, 0.1) is 12.7 Å². The molecule has 9 nitrogen and oxygen atoms in total. The number of aliphatic carboxylic acids is 1. The van der Waals surface area contributed by atoms with Gasteiger partial charge in [-0.05, 0) is 55.2 Å². The molecule has 6 rings (SSSR count). The van der Waals surface area contributed by atoms with E-state index >= 15 is 0 Å². The molecule has 0 radical (unpaired) electrons. The van der Waals surface area contributed by atoms with Crippen LogP contribution in [0.25, 0.3) is 22.2 Å². The Kier molecular flexibility index (Phi) is 5.60. The lowest BCUT2D eigenvalue weighted by atomic mass is 9.79. The van der Waals surface area contributed by atoms with Crippen molar-refractivity contribution in [3.8, 4) is 11.3 Å². The first-order valence-electron chi connectivity index (χ1n) is 12.1. The second-order valence-electron chi connectivity index (χ2n) is 9.39. The average Bonchev–Trinajstić information content (AvgIpc) is 3.63. The number of aromatic nitrogens is 5. The number of nitrogens with one attached hydrogen (secondary N) is 3. The first kappa shape index (κ1) is 23.1. The van der Waals surface area contributed by atoms with Crippen LogP contribution in [0.2, 0.25) is 0 Å². The van der Waals surface area contributed by atoms with Gasteiger partial charge in [-0.2, -0.15) is 4.98 Å². The lowest BCUT2D eigenvalue weighted by Crippen LogP contribution is -2.51. The van der Waals surface area contributed by atoms with Crippen LogP contribution in [0.4, 0.5) is 4.39 Å². The van der Waals surface area contributed by atoms with Crippen molar-refractivity contribution in [3.05, 3.63) is 89.3 Å². The zero-order chi connectivity index (χ0) is 25.6. The molecule has 1 aliphatic rings. The Morgan fingerprint density at radius 3 is 2.76 bits per heavy atom. The van der Waals surface area contributed by atoms with E-state index in [2.05, 4.69) is 31.5 Å². The number of rotatable bonds is 7. The molecule has 5 aromatic rings. The second kappa shape index (κ2) is 8.97. The third-order valence-corrected chi connectivity index (χ3v) is 6.99. The van der Waals surface area contributed by atoms with Crippen LogP contribution in [0.1, 0.15) is 54.1 Å². The lowest BCUT2D eigenvalue weighted by Gasteiger charge is -2.40. The zero-order valence-electron chi connectivity index (χ0n) is 20.1. The fourth-order valence-electron chi connectivity index (χ4n) is 5.31. The van der Waals surface area contributed by atoms with Gasteiger partial charge in [0.2, 0.25) is 5.89 Å². The summed E-state index contributed by atoms with van der Waals surface area (Å²) in [6, 6.07) is 14.0. The molecule has 1 unspecified atom stereocenters. The Morgan fingerprint density at radius 2 is 2.00 bits per heavy atom. The van der Waals surface area contributed by atoms with Crippen molar-refractivity contribution < 1.29 is 18.8 Å². The molecule has 1 aliphatic heterocycles. The zero-order valence-corrected chi connectivity index (χ0v) is 20.1. The summed E-state index contributed by atoms with van der Waals surface area (Å²) in [5, 5.41) is 18.4. The van der Waals surface area contributed by atoms with E-state index in [4.69, 9.17) is 9.51 Å². The molecular weight excluding hydrogens is 475 g/mol. The van der Waals surface area contributed by atoms with Crippen LogP contribution in [0.5, 0.6) is 0 Å². The highest BCUT2D eigenvalue weighted by molar-refractivity contribution is 5.85. The van der Waals surface area contributed by atoms with Gasteiger partial charge in [0.15, 0.2) is 5.82 Å². The number of carboxylic acid groups (broad SMARTS) is 1. The molecule has 0 aliphatic carbocycles. The minimum absolute atomic E-state index is 0.00988. The fraction of sp³-hybridized carbons (Fsp3) is 0.259. The van der Waals surface area contributed by atoms with Crippen LogP contribution in [-0.4, -0.2) is 36.2 Å². The molecule has 4 N–H and O–H groups in total. The monoisotopic (exact) mass is 500 g/mol. The molecule has 4 heterocycles. The summed E-state index contributed by atoms with van der Waals surface area (Å²) in [4.78, 5) is 27.7. The van der Waals surface area contributed by atoms with Gasteiger partial charge in [-0.1, -0.05) is 23.4 Å². The van der Waals surface area contributed by atoms with E-state index in [0.29, 0.717) is 42.5 Å². The first-order valence-corrected chi connectivity index (χ1v) is 12.1. The number of benzene rings is 2. The minimum Gasteiger partial charge on any atom is -0.481 e. The molecule has 10 heteroatoms. The number of nitrogens with zero attached hydrogens (tertiary/aromatic N) is 3. The highest BCUT2D eigenvalue weighted by Gasteiger charge is 2.47. The summed E-state index contributed by atoms with van der Waals surface area (Å²) >= 11 is 0. The largest absolute Gasteiger partial charge is 0.481 e. The molecule has 3 aromatic heterocycles. The summed E-state index contributed by atoms with van der Waals surface area (Å²) in [6.45, 7) is 1.73. The molecule has 2 atom stereocenters. The minimum atomic E-state index is -0.923. The predicted octanol–water partition coefficient (Wildman–Crippen LogP) is 4.77. The SMILES string of the molecule is Cc1nc(C2(CCCC(=O)O)N[C@@H](c3nc(-c4ccc(F)cc4)c[nH]3)Cc3c2[nH]c2ccccc32)no1. The molecule has 0 fully saturated rings. The molecule has 0 saturated carbocycles. The molecule has 0 amide bonds. The van der Waals surface area contributed by atoms with Gasteiger partial charge in [0.05, 0.1) is 11.7 Å². The van der Waals surface area contributed by atoms with Gasteiger partial charge in [-0.3, -0.25) is 10.1 Å². The molecule has 37 heavy (non-hydrogen) atoms. The summed E-state index contributed by atoms with van der Waals surface area (Å²) < 4.78 is 18.8. The highest BCUT2D eigenvalue weighted by atomic mass is 19.1. The van der Waals surface area contributed by atoms with Crippen molar-refractivity contribution in [1.29, 1.82) is 0 Å². The third kappa shape index (κ3) is 4.09. The maximum absolute atomic E-state index is 13.4. The third-order valence-electron chi connectivity index (χ3n) is 6.99.